The molecule has 0 spiro atoms. The molecule has 5 aliphatic rings. The molecule has 2 aliphatic heterocycles. The first-order valence-corrected chi connectivity index (χ1v) is 35.0. The van der Waals surface area contributed by atoms with Crippen molar-refractivity contribution in [1.82, 2.24) is 0 Å². The molecule has 2 heterocycles. The predicted octanol–water partition coefficient (Wildman–Crippen LogP) is 22.2. The molecule has 0 bridgehead atoms. The van der Waals surface area contributed by atoms with E-state index in [4.69, 9.17) is 9.47 Å². The van der Waals surface area contributed by atoms with E-state index in [1.54, 1.807) is 24.3 Å². The molecule has 3 aliphatic carbocycles. The highest BCUT2D eigenvalue weighted by atomic mass is 32.2. The lowest BCUT2D eigenvalue weighted by Crippen LogP contribution is -2.44. The van der Waals surface area contributed by atoms with E-state index in [1.165, 1.54) is 43.8 Å². The zero-order valence-electron chi connectivity index (χ0n) is 52.9. The van der Waals surface area contributed by atoms with Crippen molar-refractivity contribution >= 4 is 57.6 Å². The monoisotopic (exact) mass is 1270 g/mol. The fourth-order valence-corrected chi connectivity index (χ4v) is 17.9. The molecule has 3 unspecified atom stereocenters. The largest absolute Gasteiger partial charge is 0.380 e. The summed E-state index contributed by atoms with van der Waals surface area (Å²) in [4.78, 5) is 5.93. The van der Waals surface area contributed by atoms with Gasteiger partial charge in [0, 0.05) is 66.6 Å². The molecule has 0 saturated carbocycles. The highest BCUT2D eigenvalue weighted by Gasteiger charge is 2.49. The molecule has 2 fully saturated rings. The second kappa shape index (κ2) is 24.7. The molecule has 3 atom stereocenters. The third kappa shape index (κ3) is 10.3. The van der Waals surface area contributed by atoms with Gasteiger partial charge in [0.05, 0.1) is 37.3 Å². The zero-order chi connectivity index (χ0) is 63.4. The van der Waals surface area contributed by atoms with E-state index in [0.29, 0.717) is 5.25 Å². The first-order valence-electron chi connectivity index (χ1n) is 33.0. The second-order valence-corrected chi connectivity index (χ2v) is 28.4. The number of ether oxygens (including phenoxy) is 2. The molecule has 94 heavy (non-hydrogen) atoms. The molecule has 0 N–H and O–H groups in total. The summed E-state index contributed by atoms with van der Waals surface area (Å²) in [6.45, 7) is 7.88. The first kappa shape index (κ1) is 60.0. The number of benzene rings is 11. The molecule has 4 nitrogen and oxygen atoms in total. The Morgan fingerprint density at radius 1 is 0.404 bits per heavy atom. The Kier molecular flexibility index (Phi) is 15.8. The van der Waals surface area contributed by atoms with Crippen molar-refractivity contribution in [3.8, 4) is 33.4 Å². The fraction of sp³-hybridized carbons (Fsp3) is 0.186. The van der Waals surface area contributed by atoms with Crippen LogP contribution in [0.3, 0.4) is 0 Å². The van der Waals surface area contributed by atoms with Crippen molar-refractivity contribution in [2.45, 2.75) is 54.1 Å². The van der Waals surface area contributed by atoms with Gasteiger partial charge in [0.25, 0.3) is 0 Å². The van der Waals surface area contributed by atoms with Crippen LogP contribution in [0.5, 0.6) is 0 Å². The zero-order valence-corrected chi connectivity index (χ0v) is 54.5. The number of halogens is 2. The van der Waals surface area contributed by atoms with Gasteiger partial charge < -0.3 is 19.3 Å². The molecular formula is C86H72F2N2O2S2. The van der Waals surface area contributed by atoms with E-state index in [1.807, 2.05) is 47.8 Å². The predicted molar refractivity (Wildman–Crippen MR) is 386 cm³/mol. The van der Waals surface area contributed by atoms with Crippen LogP contribution in [-0.2, 0) is 20.3 Å². The third-order valence-corrected chi connectivity index (χ3v) is 23.7. The minimum absolute atomic E-state index is 0.228. The summed E-state index contributed by atoms with van der Waals surface area (Å²) in [7, 11) is 0. The van der Waals surface area contributed by atoms with Crippen LogP contribution >= 0.6 is 23.5 Å². The van der Waals surface area contributed by atoms with Gasteiger partial charge >= 0.3 is 0 Å². The van der Waals surface area contributed by atoms with Crippen molar-refractivity contribution in [1.29, 1.82) is 0 Å². The van der Waals surface area contributed by atoms with Crippen molar-refractivity contribution in [3.63, 3.8) is 0 Å². The molecule has 2 saturated heterocycles. The molecule has 11 aromatic rings. The summed E-state index contributed by atoms with van der Waals surface area (Å²) in [5, 5.41) is 0.359. The molecule has 464 valence electrons. The summed E-state index contributed by atoms with van der Waals surface area (Å²) < 4.78 is 41.5. The number of nitrogens with zero attached hydrogens (tertiary/aromatic N) is 2. The Morgan fingerprint density at radius 2 is 0.809 bits per heavy atom. The quantitative estimate of drug-likeness (QED) is 0.0749. The molecule has 0 radical (unpaired) electrons. The molecule has 0 aromatic heterocycles. The van der Waals surface area contributed by atoms with E-state index in [2.05, 4.69) is 260 Å². The number of hydrogen-bond acceptors (Lipinski definition) is 6. The van der Waals surface area contributed by atoms with Crippen molar-refractivity contribution in [2.24, 2.45) is 10.8 Å². The molecule has 16 rings (SSSR count). The van der Waals surface area contributed by atoms with Gasteiger partial charge in [-0.25, -0.2) is 8.78 Å². The normalized spacial score (nSPS) is 19.2. The number of allylic oxidation sites excluding steroid dienone is 3. The van der Waals surface area contributed by atoms with E-state index < -0.39 is 10.8 Å². The summed E-state index contributed by atoms with van der Waals surface area (Å²) in [6.07, 6.45) is 10.4. The topological polar surface area (TPSA) is 24.9 Å². The molecular weight excluding hydrogens is 1200 g/mol. The maximum absolute atomic E-state index is 15.1. The second-order valence-electron chi connectivity index (χ2n) is 26.1. The van der Waals surface area contributed by atoms with Gasteiger partial charge in [-0.05, 0) is 206 Å². The van der Waals surface area contributed by atoms with Crippen LogP contribution in [0.25, 0.3) is 33.4 Å². The Balaban J connectivity index is 0.744. The SMILES string of the molecule is CCC1(CSc2ccc(C3(c4ccc(F)cc4)c4ccccc4-c4ccc(N(c5ccccc5)c5ccc(-c6ccc(N(c7ccccc7)c7ccc8c(c7)C(C7=CCC(SCC9(CC)COC9)C=C7)(c7ccc(F)cc7)c7ccccc7-8)cc6)cc5)cc43)cc2)COC1. The summed E-state index contributed by atoms with van der Waals surface area (Å²) in [6, 6.07) is 94.0. The summed E-state index contributed by atoms with van der Waals surface area (Å²) >= 11 is 3.95. The number of fused-ring (bicyclic) bond motifs is 6. The Bertz CT molecular complexity index is 4630. The van der Waals surface area contributed by atoms with E-state index in [-0.39, 0.29) is 22.5 Å². The molecule has 8 heteroatoms. The standard InChI is InChI=1S/C86H72F2N2O2S2/c1-3-83(53-91-54-83)57-93-73-45-31-63(32-46-73)85(61-27-35-65(87)36-28-61)79-21-13-11-19-75(79)77-49-43-71(51-81(77)85)89(67-15-7-5-8-16-67)69-39-23-59(24-40-69)60-25-41-70(42-26-60)90(68-17-9-6-10-18-68)72-44-50-78-76-20-12-14-22-80(76)86(82(78)52-72,62-29-37-66(88)38-30-62)64-33-47-74(48-34-64)94-58-84(4-2)55-92-56-84/h5-47,49-52,74H,3-4,48,53-58H2,1-2H3. The van der Waals surface area contributed by atoms with Crippen LogP contribution in [-0.4, -0.2) is 43.2 Å². The number of para-hydroxylation sites is 2. The van der Waals surface area contributed by atoms with Crippen LogP contribution in [0.4, 0.5) is 42.9 Å². The van der Waals surface area contributed by atoms with Gasteiger partial charge in [0.15, 0.2) is 0 Å². The summed E-state index contributed by atoms with van der Waals surface area (Å²) in [5.74, 6) is 1.59. The van der Waals surface area contributed by atoms with Crippen molar-refractivity contribution in [3.05, 3.63) is 341 Å². The lowest BCUT2D eigenvalue weighted by molar-refractivity contribution is -0.0994. The fourth-order valence-electron chi connectivity index (χ4n) is 15.3. The van der Waals surface area contributed by atoms with E-state index >= 15 is 8.78 Å². The third-order valence-electron chi connectivity index (χ3n) is 20.8. The molecule has 11 aromatic carbocycles. The Labute approximate surface area is 559 Å². The Morgan fingerprint density at radius 3 is 1.27 bits per heavy atom. The van der Waals surface area contributed by atoms with Gasteiger partial charge in [-0.1, -0.05) is 190 Å². The maximum atomic E-state index is 15.1. The van der Waals surface area contributed by atoms with Crippen LogP contribution in [0.2, 0.25) is 0 Å². The minimum atomic E-state index is -0.737. The number of anilines is 6. The minimum Gasteiger partial charge on any atom is -0.380 e. The number of thioether (sulfide) groups is 2. The van der Waals surface area contributed by atoms with E-state index in [9.17, 15) is 0 Å². The average Bonchev–Trinajstić information content (AvgIpc) is 1.46. The van der Waals surface area contributed by atoms with Crippen LogP contribution in [0.15, 0.2) is 296 Å². The lowest BCUT2D eigenvalue weighted by atomic mass is 9.66. The Hall–Kier alpha value is -9.02. The highest BCUT2D eigenvalue weighted by Crippen LogP contribution is 2.60. The van der Waals surface area contributed by atoms with Crippen molar-refractivity contribution < 1.29 is 18.3 Å². The van der Waals surface area contributed by atoms with Crippen LogP contribution in [0, 0.1) is 22.5 Å². The van der Waals surface area contributed by atoms with Gasteiger partial charge in [-0.2, -0.15) is 11.8 Å². The van der Waals surface area contributed by atoms with E-state index in [0.717, 1.165) is 130 Å². The number of rotatable bonds is 19. The van der Waals surface area contributed by atoms with Gasteiger partial charge in [-0.15, -0.1) is 11.8 Å². The molecule has 0 amide bonds. The highest BCUT2D eigenvalue weighted by molar-refractivity contribution is 8.00. The van der Waals surface area contributed by atoms with Gasteiger partial charge in [0.2, 0.25) is 0 Å². The van der Waals surface area contributed by atoms with Gasteiger partial charge in [-0.3, -0.25) is 0 Å². The van der Waals surface area contributed by atoms with Crippen LogP contribution < -0.4 is 9.80 Å². The smallest absolute Gasteiger partial charge is 0.123 e. The number of hydrogen-bond donors (Lipinski definition) is 0. The average molecular weight is 1270 g/mol. The van der Waals surface area contributed by atoms with Gasteiger partial charge in [0.1, 0.15) is 11.6 Å². The lowest BCUT2D eigenvalue weighted by Gasteiger charge is -2.41. The van der Waals surface area contributed by atoms with Crippen LogP contribution in [0.1, 0.15) is 72.1 Å². The first-order chi connectivity index (χ1) is 46.2. The maximum Gasteiger partial charge on any atom is 0.123 e. The van der Waals surface area contributed by atoms with Crippen molar-refractivity contribution in [2.75, 3.05) is 47.7 Å². The summed E-state index contributed by atoms with van der Waals surface area (Å²) in [5.41, 5.74) is 21.2.